The number of aryl methyl sites for hydroxylation is 1. The highest BCUT2D eigenvalue weighted by atomic mass is 32.1. The largest absolute Gasteiger partial charge is 0.389 e. The van der Waals surface area contributed by atoms with Gasteiger partial charge in [-0.1, -0.05) is 26.1 Å². The van der Waals surface area contributed by atoms with Crippen molar-refractivity contribution >= 4 is 23.0 Å². The van der Waals surface area contributed by atoms with Crippen molar-refractivity contribution in [2.75, 3.05) is 25.1 Å². The Balaban J connectivity index is 2.24. The molecule has 5 nitrogen and oxygen atoms in total. The van der Waals surface area contributed by atoms with E-state index in [0.29, 0.717) is 16.7 Å². The molecule has 110 valence electrons. The Hall–Kier alpha value is -1.27. The van der Waals surface area contributed by atoms with E-state index in [1.54, 1.807) is 0 Å². The molecule has 0 spiro atoms. The molecule has 6 heteroatoms. The molecule has 2 rings (SSSR count). The molecule has 1 aromatic heterocycles. The molecular weight excluding hydrogens is 272 g/mol. The van der Waals surface area contributed by atoms with E-state index in [4.69, 9.17) is 22.7 Å². The zero-order chi connectivity index (χ0) is 14.5. The van der Waals surface area contributed by atoms with Gasteiger partial charge >= 0.3 is 0 Å². The molecule has 1 fully saturated rings. The van der Waals surface area contributed by atoms with Gasteiger partial charge in [0.2, 0.25) is 0 Å². The van der Waals surface area contributed by atoms with E-state index >= 15 is 0 Å². The van der Waals surface area contributed by atoms with E-state index in [0.717, 1.165) is 55.8 Å². The molecular formula is C14H22N4OS. The normalized spacial score (nSPS) is 18.2. The van der Waals surface area contributed by atoms with Crippen molar-refractivity contribution in [1.82, 2.24) is 10.2 Å². The second-order valence-corrected chi connectivity index (χ2v) is 5.47. The van der Waals surface area contributed by atoms with E-state index in [2.05, 4.69) is 29.4 Å². The quantitative estimate of drug-likeness (QED) is 0.778. The van der Waals surface area contributed by atoms with Crippen molar-refractivity contribution in [1.29, 1.82) is 0 Å². The van der Waals surface area contributed by atoms with Crippen molar-refractivity contribution in [3.8, 4) is 0 Å². The molecule has 1 aliphatic rings. The summed E-state index contributed by atoms with van der Waals surface area (Å²) in [5.41, 5.74) is 8.84. The van der Waals surface area contributed by atoms with Gasteiger partial charge in [0.1, 0.15) is 4.99 Å². The van der Waals surface area contributed by atoms with Crippen molar-refractivity contribution in [2.45, 2.75) is 33.1 Å². The third-order valence-electron chi connectivity index (χ3n) is 3.67. The molecule has 1 saturated heterocycles. The fourth-order valence-corrected chi connectivity index (χ4v) is 2.77. The Morgan fingerprint density at radius 3 is 2.75 bits per heavy atom. The van der Waals surface area contributed by atoms with Crippen LogP contribution >= 0.6 is 12.2 Å². The van der Waals surface area contributed by atoms with E-state index in [1.165, 1.54) is 0 Å². The number of ether oxygens (including phenoxy) is 1. The molecule has 20 heavy (non-hydrogen) atoms. The van der Waals surface area contributed by atoms with Gasteiger partial charge in [-0.3, -0.25) is 0 Å². The van der Waals surface area contributed by atoms with Gasteiger partial charge in [-0.05, 0) is 24.8 Å². The van der Waals surface area contributed by atoms with Crippen molar-refractivity contribution < 1.29 is 4.74 Å². The molecule has 0 saturated carbocycles. The smallest absolute Gasteiger partial charge is 0.159 e. The van der Waals surface area contributed by atoms with Crippen LogP contribution < -0.4 is 11.1 Å². The first-order valence-electron chi connectivity index (χ1n) is 7.17. The third kappa shape index (κ3) is 3.24. The zero-order valence-electron chi connectivity index (χ0n) is 12.1. The Kier molecular flexibility index (Phi) is 5.25. The number of thiocarbonyl (C=S) groups is 1. The lowest BCUT2D eigenvalue weighted by atomic mass is 10.0. The molecule has 0 radical (unpaired) electrons. The second-order valence-electron chi connectivity index (χ2n) is 5.03. The first-order chi connectivity index (χ1) is 9.67. The number of nitrogens with one attached hydrogen (secondary N) is 1. The summed E-state index contributed by atoms with van der Waals surface area (Å²) >= 11 is 5.21. The monoisotopic (exact) mass is 294 g/mol. The Morgan fingerprint density at radius 2 is 2.20 bits per heavy atom. The molecule has 1 atom stereocenters. The van der Waals surface area contributed by atoms with Gasteiger partial charge in [0.15, 0.2) is 5.82 Å². The molecule has 0 aliphatic carbocycles. The van der Waals surface area contributed by atoms with E-state index in [9.17, 15) is 0 Å². The maximum absolute atomic E-state index is 5.90. The van der Waals surface area contributed by atoms with Crippen LogP contribution in [0.25, 0.3) is 0 Å². The predicted molar refractivity (Wildman–Crippen MR) is 84.1 cm³/mol. The summed E-state index contributed by atoms with van der Waals surface area (Å²) in [6.45, 7) is 6.62. The molecule has 1 aliphatic heterocycles. The second kappa shape index (κ2) is 6.95. The van der Waals surface area contributed by atoms with Crippen LogP contribution in [0.5, 0.6) is 0 Å². The van der Waals surface area contributed by atoms with Gasteiger partial charge < -0.3 is 15.8 Å². The van der Waals surface area contributed by atoms with Crippen molar-refractivity contribution in [2.24, 2.45) is 11.7 Å². The lowest BCUT2D eigenvalue weighted by Crippen LogP contribution is -2.22. The molecule has 0 aromatic carbocycles. The first-order valence-corrected chi connectivity index (χ1v) is 7.58. The van der Waals surface area contributed by atoms with E-state index in [-0.39, 0.29) is 0 Å². The zero-order valence-corrected chi connectivity index (χ0v) is 12.9. The standard InChI is InChI=1S/C14H22N4OS/c1-3-10-11(4-2)17-18-14(12(10)13(15)20)16-7-9-5-6-19-8-9/h9H,3-8H2,1-2H3,(H2,15,20)(H,16,18). The number of nitrogens with zero attached hydrogens (tertiary/aromatic N) is 2. The Morgan fingerprint density at radius 1 is 1.40 bits per heavy atom. The van der Waals surface area contributed by atoms with Gasteiger partial charge in [-0.25, -0.2) is 0 Å². The number of hydrogen-bond donors (Lipinski definition) is 2. The van der Waals surface area contributed by atoms with Gasteiger partial charge in [-0.15, -0.1) is 5.10 Å². The van der Waals surface area contributed by atoms with Crippen LogP contribution in [0.3, 0.4) is 0 Å². The first kappa shape index (κ1) is 15.1. The van der Waals surface area contributed by atoms with Crippen LogP contribution in [0.1, 0.15) is 37.1 Å². The minimum atomic E-state index is 0.386. The van der Waals surface area contributed by atoms with Crippen LogP contribution in [0.4, 0.5) is 5.82 Å². The van der Waals surface area contributed by atoms with Crippen molar-refractivity contribution in [3.63, 3.8) is 0 Å². The number of nitrogens with two attached hydrogens (primary N) is 1. The SMILES string of the molecule is CCc1nnc(NCC2CCOC2)c(C(N)=S)c1CC. The maximum Gasteiger partial charge on any atom is 0.159 e. The summed E-state index contributed by atoms with van der Waals surface area (Å²) in [6.07, 6.45) is 2.77. The van der Waals surface area contributed by atoms with Gasteiger partial charge in [0, 0.05) is 19.1 Å². The van der Waals surface area contributed by atoms with Gasteiger partial charge in [-0.2, -0.15) is 5.10 Å². The van der Waals surface area contributed by atoms with Crippen LogP contribution in [-0.2, 0) is 17.6 Å². The molecule has 0 amide bonds. The van der Waals surface area contributed by atoms with Gasteiger partial charge in [0.25, 0.3) is 0 Å². The summed E-state index contributed by atoms with van der Waals surface area (Å²) in [6, 6.07) is 0. The highest BCUT2D eigenvalue weighted by molar-refractivity contribution is 7.80. The Labute approximate surface area is 125 Å². The average Bonchev–Trinajstić information content (AvgIpc) is 2.96. The fourth-order valence-electron chi connectivity index (χ4n) is 2.55. The van der Waals surface area contributed by atoms with E-state index in [1.807, 2.05) is 0 Å². The summed E-state index contributed by atoms with van der Waals surface area (Å²) < 4.78 is 5.38. The fraction of sp³-hybridized carbons (Fsp3) is 0.643. The lowest BCUT2D eigenvalue weighted by Gasteiger charge is -2.17. The number of rotatable bonds is 6. The number of anilines is 1. The average molecular weight is 294 g/mol. The molecule has 1 aromatic rings. The minimum Gasteiger partial charge on any atom is -0.389 e. The maximum atomic E-state index is 5.90. The van der Waals surface area contributed by atoms with Crippen molar-refractivity contribution in [3.05, 3.63) is 16.8 Å². The van der Waals surface area contributed by atoms with E-state index < -0.39 is 0 Å². The van der Waals surface area contributed by atoms with Crippen LogP contribution in [0.15, 0.2) is 0 Å². The summed E-state index contributed by atoms with van der Waals surface area (Å²) in [7, 11) is 0. The third-order valence-corrected chi connectivity index (χ3v) is 3.88. The molecule has 2 heterocycles. The summed E-state index contributed by atoms with van der Waals surface area (Å²) in [5, 5.41) is 11.9. The highest BCUT2D eigenvalue weighted by Crippen LogP contribution is 2.22. The van der Waals surface area contributed by atoms with Crippen LogP contribution in [0, 0.1) is 5.92 Å². The summed E-state index contributed by atoms with van der Waals surface area (Å²) in [5.74, 6) is 1.23. The lowest BCUT2D eigenvalue weighted by molar-refractivity contribution is 0.187. The number of aromatic nitrogens is 2. The highest BCUT2D eigenvalue weighted by Gasteiger charge is 2.19. The van der Waals surface area contributed by atoms with Crippen LogP contribution in [-0.4, -0.2) is 34.9 Å². The number of hydrogen-bond acceptors (Lipinski definition) is 5. The summed E-state index contributed by atoms with van der Waals surface area (Å²) in [4.78, 5) is 0.386. The minimum absolute atomic E-state index is 0.386. The molecule has 1 unspecified atom stereocenters. The predicted octanol–water partition coefficient (Wildman–Crippen LogP) is 1.68. The Bertz CT molecular complexity index is 486. The molecule has 0 bridgehead atoms. The van der Waals surface area contributed by atoms with Gasteiger partial charge in [0.05, 0.1) is 17.9 Å². The van der Waals surface area contributed by atoms with Crippen LogP contribution in [0.2, 0.25) is 0 Å². The topological polar surface area (TPSA) is 73.1 Å². The molecule has 3 N–H and O–H groups in total.